The number of morpholine rings is 1. The topological polar surface area (TPSA) is 55.6 Å². The zero-order valence-corrected chi connectivity index (χ0v) is 17.4. The number of carbonyl (C=O) groups is 1. The number of carbonyl (C=O) groups excluding carboxylic acids is 1. The van der Waals surface area contributed by atoms with E-state index in [4.69, 9.17) is 14.1 Å². The van der Waals surface area contributed by atoms with Crippen LogP contribution in [0.2, 0.25) is 0 Å². The van der Waals surface area contributed by atoms with Gasteiger partial charge in [-0.05, 0) is 13.8 Å². The highest BCUT2D eigenvalue weighted by Crippen LogP contribution is 2.35. The van der Waals surface area contributed by atoms with E-state index in [2.05, 4.69) is 0 Å². The molecule has 0 N–H and O–H groups in total. The summed E-state index contributed by atoms with van der Waals surface area (Å²) < 4.78 is 11.8. The summed E-state index contributed by atoms with van der Waals surface area (Å²) >= 11 is 1.34. The van der Waals surface area contributed by atoms with Gasteiger partial charge in [0.05, 0.1) is 18.0 Å². The van der Waals surface area contributed by atoms with Gasteiger partial charge in [0.15, 0.2) is 5.76 Å². The van der Waals surface area contributed by atoms with Crippen LogP contribution in [0.1, 0.15) is 13.8 Å². The fourth-order valence-electron chi connectivity index (χ4n) is 3.54. The first-order chi connectivity index (χ1) is 14.1. The molecule has 1 fully saturated rings. The van der Waals surface area contributed by atoms with E-state index in [0.717, 1.165) is 22.6 Å². The van der Waals surface area contributed by atoms with Crippen LogP contribution in [0, 0.1) is 0 Å². The molecule has 2 aromatic carbocycles. The molecule has 150 valence electrons. The van der Waals surface area contributed by atoms with E-state index in [0.29, 0.717) is 24.1 Å². The molecule has 29 heavy (non-hydrogen) atoms. The second kappa shape index (κ2) is 8.84. The minimum absolute atomic E-state index is 0.0591. The molecule has 1 aliphatic heterocycles. The Morgan fingerprint density at radius 2 is 1.59 bits per heavy atom. The zero-order valence-electron chi connectivity index (χ0n) is 16.6. The SMILES string of the molecule is CC1CN(C(=O)CSc2nc(-c3ccccc3)c(-c3ccccc3)o2)CC(C)O1. The zero-order chi connectivity index (χ0) is 20.2. The van der Waals surface area contributed by atoms with Crippen molar-refractivity contribution < 1.29 is 13.9 Å². The Balaban J connectivity index is 1.54. The number of aromatic nitrogens is 1. The van der Waals surface area contributed by atoms with E-state index >= 15 is 0 Å². The number of hydrogen-bond acceptors (Lipinski definition) is 5. The Kier molecular flexibility index (Phi) is 6.02. The van der Waals surface area contributed by atoms with Crippen molar-refractivity contribution in [1.29, 1.82) is 0 Å². The van der Waals surface area contributed by atoms with Gasteiger partial charge in [0.25, 0.3) is 5.22 Å². The second-order valence-corrected chi connectivity index (χ2v) is 8.16. The van der Waals surface area contributed by atoms with Gasteiger partial charge in [-0.3, -0.25) is 4.79 Å². The summed E-state index contributed by atoms with van der Waals surface area (Å²) in [7, 11) is 0. The lowest BCUT2D eigenvalue weighted by molar-refractivity contribution is -0.140. The summed E-state index contributed by atoms with van der Waals surface area (Å²) in [6, 6.07) is 19.9. The van der Waals surface area contributed by atoms with Crippen LogP contribution in [0.4, 0.5) is 0 Å². The molecule has 3 aromatic rings. The second-order valence-electron chi connectivity index (χ2n) is 7.23. The van der Waals surface area contributed by atoms with Crippen LogP contribution in [0.3, 0.4) is 0 Å². The summed E-state index contributed by atoms with van der Waals surface area (Å²) in [5.74, 6) is 1.10. The van der Waals surface area contributed by atoms with Crippen LogP contribution in [-0.4, -0.2) is 46.8 Å². The molecular formula is C23H24N2O3S. The highest BCUT2D eigenvalue weighted by atomic mass is 32.2. The predicted octanol–water partition coefficient (Wildman–Crippen LogP) is 4.74. The maximum atomic E-state index is 12.7. The molecule has 1 amide bonds. The minimum Gasteiger partial charge on any atom is -0.431 e. The lowest BCUT2D eigenvalue weighted by Crippen LogP contribution is -2.48. The molecule has 0 saturated carbocycles. The molecule has 1 aromatic heterocycles. The van der Waals surface area contributed by atoms with Crippen LogP contribution >= 0.6 is 11.8 Å². The Morgan fingerprint density at radius 1 is 1.00 bits per heavy atom. The number of rotatable bonds is 5. The first-order valence-electron chi connectivity index (χ1n) is 9.78. The fraction of sp³-hybridized carbons (Fsp3) is 0.304. The maximum Gasteiger partial charge on any atom is 0.257 e. The van der Waals surface area contributed by atoms with Gasteiger partial charge in [-0.1, -0.05) is 72.4 Å². The van der Waals surface area contributed by atoms with Crippen molar-refractivity contribution in [3.05, 3.63) is 60.7 Å². The number of thioether (sulfide) groups is 1. The van der Waals surface area contributed by atoms with Gasteiger partial charge in [-0.25, -0.2) is 4.98 Å². The third kappa shape index (κ3) is 4.71. The largest absolute Gasteiger partial charge is 0.431 e. The van der Waals surface area contributed by atoms with Gasteiger partial charge >= 0.3 is 0 Å². The molecule has 0 radical (unpaired) electrons. The maximum absolute atomic E-state index is 12.7. The van der Waals surface area contributed by atoms with Gasteiger partial charge in [0.2, 0.25) is 5.91 Å². The average molecular weight is 409 g/mol. The summed E-state index contributed by atoms with van der Waals surface area (Å²) in [5.41, 5.74) is 2.75. The Hall–Kier alpha value is -2.57. The van der Waals surface area contributed by atoms with Crippen LogP contribution in [0.25, 0.3) is 22.6 Å². The number of nitrogens with zero attached hydrogens (tertiary/aromatic N) is 2. The monoisotopic (exact) mass is 408 g/mol. The lowest BCUT2D eigenvalue weighted by atomic mass is 10.1. The van der Waals surface area contributed by atoms with Crippen LogP contribution in [0.15, 0.2) is 70.3 Å². The summed E-state index contributed by atoms with van der Waals surface area (Å²) in [5, 5.41) is 0.505. The molecule has 1 saturated heterocycles. The Labute approximate surface area is 175 Å². The first-order valence-corrected chi connectivity index (χ1v) is 10.8. The Morgan fingerprint density at radius 3 is 2.21 bits per heavy atom. The molecule has 6 heteroatoms. The van der Waals surface area contributed by atoms with E-state index in [-0.39, 0.29) is 18.1 Å². The van der Waals surface area contributed by atoms with E-state index in [1.54, 1.807) is 0 Å². The summed E-state index contributed by atoms with van der Waals surface area (Å²) in [6.45, 7) is 5.24. The first kappa shape index (κ1) is 19.7. The van der Waals surface area contributed by atoms with Crippen LogP contribution in [0.5, 0.6) is 0 Å². The number of benzene rings is 2. The van der Waals surface area contributed by atoms with Gasteiger partial charge < -0.3 is 14.1 Å². The fourth-order valence-corrected chi connectivity index (χ4v) is 4.26. The van der Waals surface area contributed by atoms with Crippen molar-refractivity contribution in [3.8, 4) is 22.6 Å². The quantitative estimate of drug-likeness (QED) is 0.571. The van der Waals surface area contributed by atoms with Crippen LogP contribution < -0.4 is 0 Å². The van der Waals surface area contributed by atoms with Gasteiger partial charge in [-0.15, -0.1) is 0 Å². The average Bonchev–Trinajstić information content (AvgIpc) is 3.17. The van der Waals surface area contributed by atoms with E-state index in [1.807, 2.05) is 79.4 Å². The minimum atomic E-state index is 0.0591. The van der Waals surface area contributed by atoms with Gasteiger partial charge in [0, 0.05) is 24.2 Å². The van der Waals surface area contributed by atoms with Gasteiger partial charge in [-0.2, -0.15) is 0 Å². The van der Waals surface area contributed by atoms with Gasteiger partial charge in [0.1, 0.15) is 5.69 Å². The normalized spacial score (nSPS) is 19.3. The van der Waals surface area contributed by atoms with E-state index in [9.17, 15) is 4.79 Å². The molecule has 0 aliphatic carbocycles. The lowest BCUT2D eigenvalue weighted by Gasteiger charge is -2.35. The summed E-state index contributed by atoms with van der Waals surface area (Å²) in [4.78, 5) is 19.2. The molecule has 5 nitrogen and oxygen atoms in total. The van der Waals surface area contributed by atoms with Crippen molar-refractivity contribution in [1.82, 2.24) is 9.88 Å². The highest BCUT2D eigenvalue weighted by Gasteiger charge is 2.26. The molecule has 2 unspecified atom stereocenters. The van der Waals surface area contributed by atoms with Crippen molar-refractivity contribution in [2.24, 2.45) is 0 Å². The number of hydrogen-bond donors (Lipinski definition) is 0. The molecule has 2 atom stereocenters. The predicted molar refractivity (Wildman–Crippen MR) is 115 cm³/mol. The summed E-state index contributed by atoms with van der Waals surface area (Å²) in [6.07, 6.45) is 0.118. The Bertz CT molecular complexity index is 892. The molecule has 0 spiro atoms. The molecule has 1 aliphatic rings. The molecule has 2 heterocycles. The van der Waals surface area contributed by atoms with Crippen molar-refractivity contribution in [2.45, 2.75) is 31.3 Å². The number of oxazole rings is 1. The third-order valence-electron chi connectivity index (χ3n) is 4.78. The van der Waals surface area contributed by atoms with Crippen molar-refractivity contribution in [3.63, 3.8) is 0 Å². The van der Waals surface area contributed by atoms with Crippen molar-refractivity contribution >= 4 is 17.7 Å². The smallest absolute Gasteiger partial charge is 0.257 e. The molecule has 0 bridgehead atoms. The van der Waals surface area contributed by atoms with Crippen LogP contribution in [-0.2, 0) is 9.53 Å². The number of amides is 1. The van der Waals surface area contributed by atoms with E-state index in [1.165, 1.54) is 11.8 Å². The number of ether oxygens (including phenoxy) is 1. The van der Waals surface area contributed by atoms with E-state index < -0.39 is 0 Å². The van der Waals surface area contributed by atoms with Crippen molar-refractivity contribution in [2.75, 3.05) is 18.8 Å². The standard InChI is InChI=1S/C23H24N2O3S/c1-16-13-25(14-17(2)27-16)20(26)15-29-23-24-21(18-9-5-3-6-10-18)22(28-23)19-11-7-4-8-12-19/h3-12,16-17H,13-15H2,1-2H3. The molecule has 4 rings (SSSR count). The highest BCUT2D eigenvalue weighted by molar-refractivity contribution is 7.99. The third-order valence-corrected chi connectivity index (χ3v) is 5.60. The molecular weight excluding hydrogens is 384 g/mol.